The summed E-state index contributed by atoms with van der Waals surface area (Å²) in [6.45, 7) is 0.399. The lowest BCUT2D eigenvalue weighted by Crippen LogP contribution is -2.27. The highest BCUT2D eigenvalue weighted by molar-refractivity contribution is 5.93. The van der Waals surface area contributed by atoms with Gasteiger partial charge >= 0.3 is 6.18 Å². The van der Waals surface area contributed by atoms with Crippen LogP contribution >= 0.6 is 0 Å². The van der Waals surface area contributed by atoms with Crippen molar-refractivity contribution in [3.63, 3.8) is 0 Å². The molecular formula is C21H18F3N3O. The van der Waals surface area contributed by atoms with E-state index in [0.717, 1.165) is 11.6 Å². The first-order valence-corrected chi connectivity index (χ1v) is 8.53. The molecule has 0 aliphatic carbocycles. The van der Waals surface area contributed by atoms with Crippen molar-refractivity contribution < 1.29 is 18.0 Å². The summed E-state index contributed by atoms with van der Waals surface area (Å²) in [5.41, 5.74) is 0.598. The molecule has 4 nitrogen and oxygen atoms in total. The topological polar surface area (TPSA) is 45.2 Å². The van der Waals surface area contributed by atoms with Gasteiger partial charge in [0.15, 0.2) is 0 Å². The molecule has 1 aromatic heterocycles. The quantitative estimate of drug-likeness (QED) is 0.663. The molecular weight excluding hydrogens is 367 g/mol. The zero-order valence-corrected chi connectivity index (χ0v) is 15.1. The maximum Gasteiger partial charge on any atom is 0.418 e. The fraction of sp³-hybridized carbons (Fsp3) is 0.143. The molecule has 0 spiro atoms. The van der Waals surface area contributed by atoms with Gasteiger partial charge in [0.25, 0.3) is 5.91 Å². The van der Waals surface area contributed by atoms with Crippen molar-refractivity contribution in [2.24, 2.45) is 0 Å². The molecule has 1 amide bonds. The summed E-state index contributed by atoms with van der Waals surface area (Å²) in [4.78, 5) is 18.2. The summed E-state index contributed by atoms with van der Waals surface area (Å²) in [5, 5.41) is 2.73. The minimum atomic E-state index is -4.48. The normalized spacial score (nSPS) is 11.1. The summed E-state index contributed by atoms with van der Waals surface area (Å²) in [7, 11) is 1.65. The van der Waals surface area contributed by atoms with Crippen LogP contribution in [0, 0.1) is 0 Å². The molecule has 0 aliphatic heterocycles. The molecule has 3 rings (SSSR count). The Morgan fingerprint density at radius 1 is 1.04 bits per heavy atom. The van der Waals surface area contributed by atoms with Crippen LogP contribution in [0.25, 0.3) is 0 Å². The summed E-state index contributed by atoms with van der Waals surface area (Å²) < 4.78 is 39.5. The Hall–Kier alpha value is -3.35. The van der Waals surface area contributed by atoms with E-state index in [-0.39, 0.29) is 17.3 Å². The number of hydrogen-bond donors (Lipinski definition) is 1. The predicted molar refractivity (Wildman–Crippen MR) is 101 cm³/mol. The Morgan fingerprint density at radius 2 is 1.71 bits per heavy atom. The Balaban J connectivity index is 1.78. The van der Waals surface area contributed by atoms with Gasteiger partial charge in [-0.2, -0.15) is 13.2 Å². The highest BCUT2D eigenvalue weighted by Crippen LogP contribution is 2.35. The van der Waals surface area contributed by atoms with Gasteiger partial charge in [-0.25, -0.2) is 0 Å². The van der Waals surface area contributed by atoms with E-state index in [4.69, 9.17) is 0 Å². The van der Waals surface area contributed by atoms with E-state index in [1.54, 1.807) is 7.05 Å². The Morgan fingerprint density at radius 3 is 2.43 bits per heavy atom. The smallest absolute Gasteiger partial charge is 0.355 e. The zero-order chi connectivity index (χ0) is 20.1. The molecule has 0 atom stereocenters. The van der Waals surface area contributed by atoms with Gasteiger partial charge in [0.2, 0.25) is 0 Å². The van der Waals surface area contributed by atoms with Gasteiger partial charge < -0.3 is 10.2 Å². The number of pyridine rings is 1. The van der Waals surface area contributed by atoms with Crippen LogP contribution in [-0.4, -0.2) is 22.8 Å². The summed E-state index contributed by atoms with van der Waals surface area (Å²) >= 11 is 0. The lowest BCUT2D eigenvalue weighted by Gasteiger charge is -2.18. The summed E-state index contributed by atoms with van der Waals surface area (Å²) in [5.74, 6) is -0.323. The lowest BCUT2D eigenvalue weighted by atomic mass is 10.1. The van der Waals surface area contributed by atoms with E-state index in [2.05, 4.69) is 10.3 Å². The molecule has 3 aromatic rings. The van der Waals surface area contributed by atoms with Crippen LogP contribution < -0.4 is 5.32 Å². The van der Waals surface area contributed by atoms with Crippen LogP contribution in [-0.2, 0) is 12.7 Å². The van der Waals surface area contributed by atoms with Crippen LogP contribution in [0.1, 0.15) is 21.6 Å². The number of rotatable bonds is 5. The second-order valence-electron chi connectivity index (χ2n) is 6.24. The number of nitrogens with zero attached hydrogens (tertiary/aromatic N) is 2. The van der Waals surface area contributed by atoms with Crippen molar-refractivity contribution in [1.29, 1.82) is 0 Å². The number of hydrogen-bond acceptors (Lipinski definition) is 3. The van der Waals surface area contributed by atoms with Gasteiger partial charge in [-0.15, -0.1) is 0 Å². The van der Waals surface area contributed by atoms with Crippen LogP contribution in [0.2, 0.25) is 0 Å². The van der Waals surface area contributed by atoms with Gasteiger partial charge in [-0.05, 0) is 29.8 Å². The van der Waals surface area contributed by atoms with Gasteiger partial charge in [0.05, 0.1) is 11.3 Å². The third-order valence-corrected chi connectivity index (χ3v) is 4.10. The van der Waals surface area contributed by atoms with Crippen LogP contribution in [0.5, 0.6) is 0 Å². The molecule has 0 aliphatic rings. The number of alkyl halides is 3. The minimum absolute atomic E-state index is 0.0859. The molecule has 7 heteroatoms. The molecule has 0 saturated heterocycles. The van der Waals surface area contributed by atoms with Crippen molar-refractivity contribution in [3.05, 3.63) is 89.7 Å². The largest absolute Gasteiger partial charge is 0.418 e. The fourth-order valence-electron chi connectivity index (χ4n) is 2.74. The van der Waals surface area contributed by atoms with E-state index >= 15 is 0 Å². The number of amides is 1. The van der Waals surface area contributed by atoms with Crippen molar-refractivity contribution in [1.82, 2.24) is 9.88 Å². The number of nitrogens with one attached hydrogen (secondary N) is 1. The number of anilines is 2. The highest BCUT2D eigenvalue weighted by Gasteiger charge is 2.33. The molecule has 0 saturated carbocycles. The molecule has 0 radical (unpaired) electrons. The minimum Gasteiger partial charge on any atom is -0.355 e. The zero-order valence-electron chi connectivity index (χ0n) is 15.1. The van der Waals surface area contributed by atoms with Crippen LogP contribution in [0.15, 0.2) is 72.9 Å². The molecule has 0 bridgehead atoms. The Bertz CT molecular complexity index is 958. The first-order chi connectivity index (χ1) is 13.3. The van der Waals surface area contributed by atoms with Crippen molar-refractivity contribution in [2.45, 2.75) is 12.7 Å². The van der Waals surface area contributed by atoms with E-state index < -0.39 is 11.7 Å². The third-order valence-electron chi connectivity index (χ3n) is 4.10. The second-order valence-corrected chi connectivity index (χ2v) is 6.24. The maximum atomic E-state index is 13.2. The average Bonchev–Trinajstić information content (AvgIpc) is 2.68. The number of aromatic nitrogens is 1. The SMILES string of the molecule is CN(Cc1ccccc1)C(=O)c1cc(Nc2ccccc2C(F)(F)F)ccn1. The molecule has 0 fully saturated rings. The number of halogens is 3. The average molecular weight is 385 g/mol. The van der Waals surface area contributed by atoms with E-state index in [9.17, 15) is 18.0 Å². The first-order valence-electron chi connectivity index (χ1n) is 8.53. The summed E-state index contributed by atoms with van der Waals surface area (Å²) in [6, 6.07) is 17.6. The molecule has 28 heavy (non-hydrogen) atoms. The van der Waals surface area contributed by atoms with E-state index in [1.165, 1.54) is 41.4 Å². The molecule has 1 N–H and O–H groups in total. The van der Waals surface area contributed by atoms with Gasteiger partial charge in [0, 0.05) is 25.5 Å². The van der Waals surface area contributed by atoms with Crippen molar-refractivity contribution in [2.75, 3.05) is 12.4 Å². The first kappa shape index (κ1) is 19.4. The number of carbonyl (C=O) groups is 1. The van der Waals surface area contributed by atoms with Crippen molar-refractivity contribution in [3.8, 4) is 0 Å². The molecule has 1 heterocycles. The number of carbonyl (C=O) groups excluding carboxylic acids is 1. The van der Waals surface area contributed by atoms with Gasteiger partial charge in [-0.3, -0.25) is 9.78 Å². The van der Waals surface area contributed by atoms with Gasteiger partial charge in [-0.1, -0.05) is 42.5 Å². The number of para-hydroxylation sites is 1. The monoisotopic (exact) mass is 385 g/mol. The second kappa shape index (κ2) is 8.12. The Labute approximate surface area is 160 Å². The standard InChI is InChI=1S/C21H18F3N3O/c1-27(14-15-7-3-2-4-8-15)20(28)19-13-16(11-12-25-19)26-18-10-6-5-9-17(18)21(22,23)24/h2-13H,14H2,1H3,(H,25,26). The summed E-state index contributed by atoms with van der Waals surface area (Å²) in [6.07, 6.45) is -3.09. The fourth-order valence-corrected chi connectivity index (χ4v) is 2.74. The molecule has 2 aromatic carbocycles. The maximum absolute atomic E-state index is 13.2. The van der Waals surface area contributed by atoms with Gasteiger partial charge in [0.1, 0.15) is 5.69 Å². The third kappa shape index (κ3) is 4.68. The lowest BCUT2D eigenvalue weighted by molar-refractivity contribution is -0.136. The van der Waals surface area contributed by atoms with Crippen LogP contribution in [0.4, 0.5) is 24.5 Å². The molecule has 0 unspecified atom stereocenters. The Kier molecular flexibility index (Phi) is 5.63. The van der Waals surface area contributed by atoms with Crippen molar-refractivity contribution >= 4 is 17.3 Å². The molecule has 144 valence electrons. The number of benzene rings is 2. The van der Waals surface area contributed by atoms with E-state index in [0.29, 0.717) is 12.2 Å². The predicted octanol–water partition coefficient (Wildman–Crippen LogP) is 5.12. The van der Waals surface area contributed by atoms with Crippen LogP contribution in [0.3, 0.4) is 0 Å². The van der Waals surface area contributed by atoms with E-state index in [1.807, 2.05) is 30.3 Å². The highest BCUT2D eigenvalue weighted by atomic mass is 19.4.